The second-order valence-corrected chi connectivity index (χ2v) is 31.6. The van der Waals surface area contributed by atoms with E-state index in [1.54, 1.807) is 0 Å². The van der Waals surface area contributed by atoms with Crippen molar-refractivity contribution >= 4 is 32.6 Å². The maximum atomic E-state index is 6.36. The number of hydrogen-bond acceptors (Lipinski definition) is 2. The molecule has 0 aromatic carbocycles. The molecule has 0 amide bonds. The van der Waals surface area contributed by atoms with Crippen LogP contribution in [-0.2, 0) is 0 Å². The van der Waals surface area contributed by atoms with Crippen molar-refractivity contribution in [2.75, 3.05) is 0 Å². The third kappa shape index (κ3) is 3.67. The van der Waals surface area contributed by atoms with Crippen molar-refractivity contribution in [2.24, 2.45) is 5.40 Å². The molecule has 0 aliphatic heterocycles. The Kier molecular flexibility index (Phi) is 7.29. The monoisotopic (exact) mass is 316 g/mol. The summed E-state index contributed by atoms with van der Waals surface area (Å²) in [4.78, 5) is 0. The van der Waals surface area contributed by atoms with Crippen molar-refractivity contribution < 1.29 is 0 Å². The van der Waals surface area contributed by atoms with E-state index in [0.717, 1.165) is 0 Å². The first-order chi connectivity index (χ1) is 8.03. The first-order valence-electron chi connectivity index (χ1n) is 7.16. The molecule has 0 bridgehead atoms. The minimum atomic E-state index is -1.45. The van der Waals surface area contributed by atoms with E-state index in [-0.39, 0.29) is 0 Å². The molecule has 0 aromatic rings. The van der Waals surface area contributed by atoms with Crippen LogP contribution in [0.4, 0.5) is 0 Å². The van der Waals surface area contributed by atoms with Gasteiger partial charge >= 0.3 is 0 Å². The summed E-state index contributed by atoms with van der Waals surface area (Å²) in [6.07, 6.45) is 2.47. The summed E-state index contributed by atoms with van der Waals surface area (Å²) in [7, 11) is 0.196. The van der Waals surface area contributed by atoms with Crippen LogP contribution in [0.1, 0.15) is 40.5 Å². The Labute approximate surface area is 121 Å². The highest BCUT2D eigenvalue weighted by molar-refractivity contribution is 7.70. The zero-order chi connectivity index (χ0) is 14.7. The Morgan fingerprint density at radius 2 is 1.39 bits per heavy atom. The van der Waals surface area contributed by atoms with Gasteiger partial charge in [0.2, 0.25) is 0 Å². The summed E-state index contributed by atoms with van der Waals surface area (Å²) >= 11 is 0. The fourth-order valence-corrected chi connectivity index (χ4v) is 27.0. The van der Waals surface area contributed by atoms with Crippen LogP contribution in [0.25, 0.3) is 0 Å². The van der Waals surface area contributed by atoms with Gasteiger partial charge < -0.3 is 9.96 Å². The third-order valence-electron chi connectivity index (χ3n) is 4.98. The third-order valence-corrected chi connectivity index (χ3v) is 41.4. The summed E-state index contributed by atoms with van der Waals surface area (Å²) in [6, 6.07) is 1.36. The molecule has 2 atom stereocenters. The highest BCUT2D eigenvalue weighted by atomic mass is 29.8. The average molecular weight is 317 g/mol. The topological polar surface area (TPSA) is 29.3 Å². The number of hydrogen-bond donors (Lipinski definition) is 1. The van der Waals surface area contributed by atoms with Crippen LogP contribution >= 0.6 is 0 Å². The lowest BCUT2D eigenvalue weighted by Gasteiger charge is -2.53. The lowest BCUT2D eigenvalue weighted by Crippen LogP contribution is -2.77. The van der Waals surface area contributed by atoms with Crippen LogP contribution < -0.4 is 5.40 Å². The molecule has 0 saturated heterocycles. The van der Waals surface area contributed by atoms with Crippen LogP contribution in [0.2, 0.25) is 26.2 Å². The second kappa shape index (κ2) is 6.99. The molecule has 2 nitrogen and oxygen atoms in total. The molecule has 6 heteroatoms. The van der Waals surface area contributed by atoms with Crippen molar-refractivity contribution in [1.82, 2.24) is 4.57 Å². The normalized spacial score (nSPS) is 17.3. The molecule has 2 unspecified atom stereocenters. The van der Waals surface area contributed by atoms with Crippen molar-refractivity contribution in [3.05, 3.63) is 0 Å². The van der Waals surface area contributed by atoms with Gasteiger partial charge in [-0.25, -0.2) is 0 Å². The minimum absolute atomic E-state index is 0.682. The van der Waals surface area contributed by atoms with Gasteiger partial charge in [-0.2, -0.15) is 0 Å². The molecule has 0 aliphatic rings. The average Bonchev–Trinajstić information content (AvgIpc) is 2.27. The summed E-state index contributed by atoms with van der Waals surface area (Å²) < 4.78 is 2.87. The Bertz CT molecular complexity index is 246. The highest BCUT2D eigenvalue weighted by Gasteiger charge is 2.50. The van der Waals surface area contributed by atoms with E-state index in [9.17, 15) is 0 Å². The van der Waals surface area contributed by atoms with E-state index < -0.39 is 22.9 Å². The van der Waals surface area contributed by atoms with E-state index in [1.165, 1.54) is 12.8 Å². The van der Waals surface area contributed by atoms with Crippen molar-refractivity contribution in [3.8, 4) is 0 Å². The molecule has 2 N–H and O–H groups in total. The lowest BCUT2D eigenvalue weighted by molar-refractivity contribution is 0.258. The van der Waals surface area contributed by atoms with Crippen LogP contribution in [0.3, 0.4) is 0 Å². The molecule has 0 rings (SSSR count). The van der Waals surface area contributed by atoms with Gasteiger partial charge in [-0.1, -0.05) is 53.9 Å². The van der Waals surface area contributed by atoms with E-state index in [4.69, 9.17) is 5.40 Å². The first kappa shape index (κ1) is 18.8. The van der Waals surface area contributed by atoms with Gasteiger partial charge in [-0.3, -0.25) is 0 Å². The van der Waals surface area contributed by atoms with Gasteiger partial charge in [0.1, 0.15) is 7.75 Å². The van der Waals surface area contributed by atoms with Gasteiger partial charge in [-0.15, -0.1) is 0 Å². The largest absolute Gasteiger partial charge is 0.356 e. The van der Waals surface area contributed by atoms with Crippen LogP contribution in [0.15, 0.2) is 0 Å². The lowest BCUT2D eigenvalue weighted by atomic mass is 10.2. The first-order valence-corrected chi connectivity index (χ1v) is 18.2. The quantitative estimate of drug-likeness (QED) is 0.732. The second-order valence-electron chi connectivity index (χ2n) is 6.52. The Balaban J connectivity index is 5.45. The van der Waals surface area contributed by atoms with E-state index in [2.05, 4.69) is 68.2 Å². The predicted octanol–water partition coefficient (Wildman–Crippen LogP) is 2.57. The summed E-state index contributed by atoms with van der Waals surface area (Å²) in [5, 5.41) is 6.36. The molecule has 18 heavy (non-hydrogen) atoms. The van der Waals surface area contributed by atoms with Crippen molar-refractivity contribution in [3.63, 3.8) is 0 Å². The molecule has 106 valence electrons. The van der Waals surface area contributed by atoms with Gasteiger partial charge in [0, 0.05) is 21.8 Å². The molecule has 4 radical (unpaired) electrons. The minimum Gasteiger partial charge on any atom is -0.356 e. The summed E-state index contributed by atoms with van der Waals surface area (Å²) in [5.74, 6) is 0. The van der Waals surface area contributed by atoms with Crippen molar-refractivity contribution in [2.45, 2.75) is 78.8 Å². The molecule has 0 aliphatic carbocycles. The fraction of sp³-hybridized carbons (Fsp3) is 1.00. The van der Waals surface area contributed by atoms with Gasteiger partial charge in [0.25, 0.3) is 0 Å². The maximum Gasteiger partial charge on any atom is 0.111 e. The zero-order valence-electron chi connectivity index (χ0n) is 13.6. The maximum absolute atomic E-state index is 6.36. The molecule has 0 aromatic heterocycles. The Hall–Kier alpha value is 0.788. The summed E-state index contributed by atoms with van der Waals surface area (Å²) in [6.45, 7) is 19.5. The highest BCUT2D eigenvalue weighted by Crippen LogP contribution is 2.29. The molecular formula is C12H32N2Si4. The van der Waals surface area contributed by atoms with Gasteiger partial charge in [-0.05, 0) is 12.8 Å². The molecule has 0 fully saturated rings. The van der Waals surface area contributed by atoms with Crippen LogP contribution in [0, 0.1) is 0 Å². The number of nitrogens with two attached hydrogens (primary N) is 1. The van der Waals surface area contributed by atoms with Crippen LogP contribution in [-0.4, -0.2) is 49.3 Å². The van der Waals surface area contributed by atoms with E-state index in [1.807, 2.05) is 0 Å². The SMILES string of the molecule is CCC(C)N(C(C)CC)[Si](C)(C)[Si](C)(C)[Si](N)[Si]. The van der Waals surface area contributed by atoms with Gasteiger partial charge in [0.15, 0.2) is 0 Å². The van der Waals surface area contributed by atoms with Gasteiger partial charge in [0.05, 0.1) is 15.1 Å². The number of nitrogens with zero attached hydrogens (tertiary/aromatic N) is 1. The zero-order valence-corrected chi connectivity index (χ0v) is 17.6. The summed E-state index contributed by atoms with van der Waals surface area (Å²) in [5.41, 5.74) is 0. The molecule has 0 spiro atoms. The Morgan fingerprint density at radius 1 is 1.06 bits per heavy atom. The smallest absolute Gasteiger partial charge is 0.111 e. The molecular weight excluding hydrogens is 284 g/mol. The van der Waals surface area contributed by atoms with E-state index >= 15 is 0 Å². The number of rotatable bonds is 7. The van der Waals surface area contributed by atoms with Crippen molar-refractivity contribution in [1.29, 1.82) is 0 Å². The standard InChI is InChI=1S/C12H32N2Si4/c1-9-11(3)14(12(4)10-2)17(5,6)18(7,8)16(13)15/h11-12H,9-10,13H2,1-8H3. The Morgan fingerprint density at radius 3 is 1.61 bits per heavy atom. The molecule has 0 saturated carbocycles. The predicted molar refractivity (Wildman–Crippen MR) is 92.0 cm³/mol. The van der Waals surface area contributed by atoms with E-state index in [0.29, 0.717) is 12.1 Å². The fourth-order valence-electron chi connectivity index (χ4n) is 2.58. The molecule has 0 heterocycles. The van der Waals surface area contributed by atoms with Crippen LogP contribution in [0.5, 0.6) is 0 Å².